The van der Waals surface area contributed by atoms with Crippen LogP contribution in [-0.2, 0) is 10.4 Å². The first kappa shape index (κ1) is 16.5. The molecule has 1 aliphatic rings. The Morgan fingerprint density at radius 1 is 1.17 bits per heavy atom. The van der Waals surface area contributed by atoms with Gasteiger partial charge in [0.15, 0.2) is 6.61 Å². The van der Waals surface area contributed by atoms with Crippen LogP contribution in [0.15, 0.2) is 48.5 Å². The van der Waals surface area contributed by atoms with Crippen LogP contribution >= 0.6 is 0 Å². The van der Waals surface area contributed by atoms with Crippen LogP contribution in [0.1, 0.15) is 23.1 Å². The molecule has 1 saturated heterocycles. The van der Waals surface area contributed by atoms with Crippen molar-refractivity contribution in [3.63, 3.8) is 0 Å². The number of aryl methyl sites for hydroxylation is 2. The number of benzene rings is 2. The average molecular weight is 325 g/mol. The second-order valence-electron chi connectivity index (χ2n) is 6.51. The number of nitrogens with zero attached hydrogens (tertiary/aromatic N) is 1. The Morgan fingerprint density at radius 2 is 1.88 bits per heavy atom. The first-order valence-electron chi connectivity index (χ1n) is 8.24. The van der Waals surface area contributed by atoms with Gasteiger partial charge < -0.3 is 14.7 Å². The van der Waals surface area contributed by atoms with Crippen LogP contribution in [0, 0.1) is 13.8 Å². The summed E-state index contributed by atoms with van der Waals surface area (Å²) in [5.41, 5.74) is 2.13. The number of likely N-dealkylation sites (tertiary alicyclic amines) is 1. The Balaban J connectivity index is 1.61. The fourth-order valence-electron chi connectivity index (χ4n) is 3.19. The lowest BCUT2D eigenvalue weighted by atomic mass is 9.89. The summed E-state index contributed by atoms with van der Waals surface area (Å²) < 4.78 is 5.56. The molecule has 1 heterocycles. The van der Waals surface area contributed by atoms with Crippen molar-refractivity contribution in [1.82, 2.24) is 4.90 Å². The van der Waals surface area contributed by atoms with Crippen LogP contribution in [-0.4, -0.2) is 35.6 Å². The van der Waals surface area contributed by atoms with Gasteiger partial charge in [-0.3, -0.25) is 4.79 Å². The number of rotatable bonds is 4. The SMILES string of the molecule is Cc1ccc(OCC(=O)N2CC[C@](O)(c3ccccc3C)C2)cc1. The van der Waals surface area contributed by atoms with Crippen LogP contribution in [0.4, 0.5) is 0 Å². The van der Waals surface area contributed by atoms with Crippen molar-refractivity contribution in [2.24, 2.45) is 0 Å². The molecule has 0 bridgehead atoms. The minimum Gasteiger partial charge on any atom is -0.484 e. The van der Waals surface area contributed by atoms with Gasteiger partial charge in [-0.05, 0) is 43.5 Å². The molecule has 1 fully saturated rings. The number of hydrogen-bond donors (Lipinski definition) is 1. The summed E-state index contributed by atoms with van der Waals surface area (Å²) in [6.07, 6.45) is 0.550. The van der Waals surface area contributed by atoms with Crippen molar-refractivity contribution in [2.75, 3.05) is 19.7 Å². The van der Waals surface area contributed by atoms with Gasteiger partial charge in [0.05, 0.1) is 6.54 Å². The van der Waals surface area contributed by atoms with E-state index in [1.807, 2.05) is 62.4 Å². The number of ether oxygens (including phenoxy) is 1. The minimum atomic E-state index is -0.967. The van der Waals surface area contributed by atoms with E-state index in [1.54, 1.807) is 4.90 Å². The molecule has 3 rings (SSSR count). The van der Waals surface area contributed by atoms with Gasteiger partial charge in [-0.2, -0.15) is 0 Å². The number of carbonyl (C=O) groups excluding carboxylic acids is 1. The lowest BCUT2D eigenvalue weighted by Gasteiger charge is -2.25. The van der Waals surface area contributed by atoms with Gasteiger partial charge >= 0.3 is 0 Å². The fraction of sp³-hybridized carbons (Fsp3) is 0.350. The summed E-state index contributed by atoms with van der Waals surface area (Å²) in [6.45, 7) is 4.84. The van der Waals surface area contributed by atoms with Crippen molar-refractivity contribution < 1.29 is 14.6 Å². The maximum Gasteiger partial charge on any atom is 0.260 e. The van der Waals surface area contributed by atoms with Crippen LogP contribution in [0.2, 0.25) is 0 Å². The summed E-state index contributed by atoms with van der Waals surface area (Å²) in [7, 11) is 0. The molecule has 126 valence electrons. The molecule has 1 amide bonds. The lowest BCUT2D eigenvalue weighted by molar-refractivity contribution is -0.133. The third kappa shape index (κ3) is 3.44. The maximum absolute atomic E-state index is 12.4. The highest BCUT2D eigenvalue weighted by Gasteiger charge is 2.40. The summed E-state index contributed by atoms with van der Waals surface area (Å²) >= 11 is 0. The first-order valence-corrected chi connectivity index (χ1v) is 8.24. The Kier molecular flexibility index (Phi) is 4.58. The highest BCUT2D eigenvalue weighted by molar-refractivity contribution is 5.78. The Bertz CT molecular complexity index is 726. The van der Waals surface area contributed by atoms with Crippen molar-refractivity contribution in [3.05, 3.63) is 65.2 Å². The van der Waals surface area contributed by atoms with Gasteiger partial charge in [-0.25, -0.2) is 0 Å². The number of hydrogen-bond acceptors (Lipinski definition) is 3. The van der Waals surface area contributed by atoms with Gasteiger partial charge in [0.25, 0.3) is 5.91 Å². The Hall–Kier alpha value is -2.33. The van der Waals surface area contributed by atoms with E-state index in [2.05, 4.69) is 0 Å². The number of β-amino-alcohol motifs (C(OH)–C–C–N with tert-alkyl or cyclic N) is 1. The number of carbonyl (C=O) groups is 1. The standard InChI is InChI=1S/C20H23NO3/c1-15-7-9-17(10-8-15)24-13-19(22)21-12-11-20(23,14-21)18-6-4-3-5-16(18)2/h3-10,23H,11-14H2,1-2H3/t20-/m1/s1. The first-order chi connectivity index (χ1) is 11.5. The van der Waals surface area contributed by atoms with Gasteiger partial charge in [-0.15, -0.1) is 0 Å². The molecule has 0 aromatic heterocycles. The topological polar surface area (TPSA) is 49.8 Å². The minimum absolute atomic E-state index is 0.00703. The van der Waals surface area contributed by atoms with Crippen LogP contribution in [0.25, 0.3) is 0 Å². The molecule has 0 unspecified atom stereocenters. The zero-order chi connectivity index (χ0) is 17.2. The molecule has 2 aromatic rings. The number of aliphatic hydroxyl groups is 1. The van der Waals surface area contributed by atoms with E-state index in [4.69, 9.17) is 4.74 Å². The predicted molar refractivity (Wildman–Crippen MR) is 92.9 cm³/mol. The third-order valence-corrected chi connectivity index (χ3v) is 4.63. The van der Waals surface area contributed by atoms with Gasteiger partial charge in [0, 0.05) is 6.54 Å². The van der Waals surface area contributed by atoms with Gasteiger partial charge in [0.1, 0.15) is 11.4 Å². The van der Waals surface area contributed by atoms with E-state index < -0.39 is 5.60 Å². The molecule has 4 heteroatoms. The zero-order valence-corrected chi connectivity index (χ0v) is 14.2. The second-order valence-corrected chi connectivity index (χ2v) is 6.51. The smallest absolute Gasteiger partial charge is 0.260 e. The summed E-state index contributed by atoms with van der Waals surface area (Å²) in [5.74, 6) is 0.586. The molecule has 1 aliphatic heterocycles. The van der Waals surface area contributed by atoms with Crippen LogP contribution in [0.5, 0.6) is 5.75 Å². The fourth-order valence-corrected chi connectivity index (χ4v) is 3.19. The van der Waals surface area contributed by atoms with E-state index in [-0.39, 0.29) is 12.5 Å². The van der Waals surface area contributed by atoms with E-state index in [9.17, 15) is 9.90 Å². The van der Waals surface area contributed by atoms with E-state index in [1.165, 1.54) is 0 Å². The van der Waals surface area contributed by atoms with Crippen LogP contribution < -0.4 is 4.74 Å². The van der Waals surface area contributed by atoms with E-state index in [0.717, 1.165) is 16.7 Å². The summed E-state index contributed by atoms with van der Waals surface area (Å²) in [6, 6.07) is 15.4. The molecule has 1 atom stereocenters. The molecule has 0 radical (unpaired) electrons. The molecular weight excluding hydrogens is 302 g/mol. The highest BCUT2D eigenvalue weighted by Crippen LogP contribution is 2.33. The summed E-state index contributed by atoms with van der Waals surface area (Å²) in [4.78, 5) is 14.1. The second kappa shape index (κ2) is 6.65. The Labute approximate surface area is 142 Å². The molecule has 0 aliphatic carbocycles. The molecular formula is C20H23NO3. The van der Waals surface area contributed by atoms with Crippen molar-refractivity contribution in [3.8, 4) is 5.75 Å². The highest BCUT2D eigenvalue weighted by atomic mass is 16.5. The molecule has 24 heavy (non-hydrogen) atoms. The monoisotopic (exact) mass is 325 g/mol. The molecule has 4 nitrogen and oxygen atoms in total. The van der Waals surface area contributed by atoms with E-state index in [0.29, 0.717) is 25.3 Å². The normalized spacial score (nSPS) is 20.2. The molecule has 1 N–H and O–H groups in total. The zero-order valence-electron chi connectivity index (χ0n) is 14.2. The van der Waals surface area contributed by atoms with Crippen molar-refractivity contribution >= 4 is 5.91 Å². The predicted octanol–water partition coefficient (Wildman–Crippen LogP) is 2.80. The average Bonchev–Trinajstić information content (AvgIpc) is 2.98. The lowest BCUT2D eigenvalue weighted by Crippen LogP contribution is -2.37. The quantitative estimate of drug-likeness (QED) is 0.940. The van der Waals surface area contributed by atoms with E-state index >= 15 is 0 Å². The van der Waals surface area contributed by atoms with Gasteiger partial charge in [0.2, 0.25) is 0 Å². The largest absolute Gasteiger partial charge is 0.484 e. The van der Waals surface area contributed by atoms with Crippen molar-refractivity contribution in [2.45, 2.75) is 25.9 Å². The number of amides is 1. The summed E-state index contributed by atoms with van der Waals surface area (Å²) in [5, 5.41) is 10.9. The third-order valence-electron chi connectivity index (χ3n) is 4.63. The molecule has 2 aromatic carbocycles. The molecule has 0 saturated carbocycles. The maximum atomic E-state index is 12.4. The van der Waals surface area contributed by atoms with Crippen molar-refractivity contribution in [1.29, 1.82) is 0 Å². The Morgan fingerprint density at radius 3 is 2.58 bits per heavy atom. The molecule has 0 spiro atoms. The van der Waals surface area contributed by atoms with Crippen LogP contribution in [0.3, 0.4) is 0 Å². The van der Waals surface area contributed by atoms with Gasteiger partial charge in [-0.1, -0.05) is 42.0 Å².